The average Bonchev–Trinajstić information content (AvgIpc) is 0.733. The first-order chi connectivity index (χ1) is 63.7. The minimum atomic E-state index is -2.79. The molecular formula is C86H89Cl5N8O35. The van der Waals surface area contributed by atoms with Crippen LogP contribution >= 0.6 is 58.0 Å². The Kier molecular flexibility index (Phi) is 30.3. The molecule has 25 N–H and O–H groups in total. The van der Waals surface area contributed by atoms with E-state index in [0.29, 0.717) is 25.0 Å². The predicted octanol–water partition coefficient (Wildman–Crippen LogP) is 8.32. The van der Waals surface area contributed by atoms with E-state index in [2.05, 4.69) is 40.3 Å². The molecule has 24 unspecified atom stereocenters. The highest BCUT2D eigenvalue weighted by Gasteiger charge is 2.53. The maximum Gasteiger partial charge on any atom is 0.335 e. The fourth-order valence-corrected chi connectivity index (χ4v) is 17.3. The molecule has 0 amide bonds. The standard InChI is InChI=1S/C86H89Cl5N8O35/c1-3-4-5-6-7-8-9-51(106)93-60-65(110)68(113)75(83(124)125)134-84(60)131-71-32-17-40(89)73(41(90)18-32)128-48-21-31-20-47(74(48)133-86-70(115)67(112)64(109)50(27-101)130-86)127-45-13-11-29(15-38(45)87)62(107)59-80(120)96-57(37-24-34(25-44(105)53(37)91)126-46-19-28(10-12-42(46)103)54(92-2)76(116)98-59)79(119)95-56(31)77(117)94-55-30-14-36(72(39(88)16-30)132-85-69(114)66(111)63(108)49(26-100)129-85)52-35(22-33(102)23-43(52)104)58(82(122)123)97-81(121)61(71)99-78(55)118/h10-25,49-50,54-71,75,84-86,92,100-105,107-115H,3-9,26-27H2,1-2H3,(H,93,106)(H,94,117)(H,95,119)(H,96,120)(H,97,121)(H,98,116)(H,99,118)(H,122,123)(H,124,125). The van der Waals surface area contributed by atoms with Crippen LogP contribution in [0.4, 0.5) is 0 Å². The lowest BCUT2D eigenvalue weighted by molar-refractivity contribution is -0.277. The Morgan fingerprint density at radius 2 is 1.01 bits per heavy atom. The van der Waals surface area contributed by atoms with Gasteiger partial charge in [-0.3, -0.25) is 0 Å². The second-order valence-corrected chi connectivity index (χ2v) is 34.0. The van der Waals surface area contributed by atoms with Crippen LogP contribution in [0.2, 0.25) is 25.1 Å². The van der Waals surface area contributed by atoms with Gasteiger partial charge in [-0.1, -0.05) is 109 Å². The van der Waals surface area contributed by atoms with Crippen molar-refractivity contribution < 1.29 is 175 Å². The predicted molar refractivity (Wildman–Crippen MR) is 472 cm³/mol. The third kappa shape index (κ3) is 20.2. The molecule has 134 heavy (non-hydrogen) atoms. The number of fused-ring (bicyclic) bond motifs is 12. The van der Waals surface area contributed by atoms with E-state index in [-0.39, 0.29) is 24.0 Å². The van der Waals surface area contributed by atoms with Crippen LogP contribution in [0.15, 0.2) is 132 Å². The summed E-state index contributed by atoms with van der Waals surface area (Å²) >= 11 is 36.4. The summed E-state index contributed by atoms with van der Waals surface area (Å²) in [5, 5.41) is 285. The number of carboxylic acids is 2. The molecule has 16 rings (SSSR count). The summed E-state index contributed by atoms with van der Waals surface area (Å²) in [4.78, 5) is 58.5. The molecule has 17 bridgehead atoms. The SMILES string of the molecule is CCCCCCCCC(O)=NC1C(OC2c3cc(Cl)c(c(Cl)c3)Oc3cc4cc(c3OC3OC(CO)C(O)C(O)C3O)Oc3ccc(cc3Cl)C(O)C3N=C(O)C(NC)c5ccc(O)c(c5)Oc5cc(O)c(Cl)c(c5)C(N=C3O)C(O)=NC4C(O)=NC3C(O)=NC2C(O)=NC(C(=O)O)c2cc(O)cc(O)c2-c2cc3cc(Cl)c2OC2OC(CO)C(O)C(O)C2O)OC(C(=O)O)C(O)C1O. The number of carboxylic acid groups (broad SMARTS) is 2. The second-order valence-electron chi connectivity index (χ2n) is 32.0. The molecule has 9 heterocycles. The fraction of sp³-hybridized carbons (Fsp3) is 0.407. The van der Waals surface area contributed by atoms with Crippen LogP contribution in [0.1, 0.15) is 133 Å². The number of hydrogen-bond donors (Lipinski definition) is 25. The number of halogens is 5. The third-order valence-corrected chi connectivity index (χ3v) is 24.5. The summed E-state index contributed by atoms with van der Waals surface area (Å²) < 4.78 is 56.4. The van der Waals surface area contributed by atoms with Gasteiger partial charge in [-0.15, -0.1) is 0 Å². The smallest absolute Gasteiger partial charge is 0.335 e. The summed E-state index contributed by atoms with van der Waals surface area (Å²) in [5.41, 5.74) is -5.36. The number of aliphatic hydroxyl groups is 18. The molecular weight excluding hydrogens is 1880 g/mol. The summed E-state index contributed by atoms with van der Waals surface area (Å²) in [5.74, 6) is -22.7. The lowest BCUT2D eigenvalue weighted by Crippen LogP contribution is -2.60. The van der Waals surface area contributed by atoms with Crippen molar-refractivity contribution in [1.29, 1.82) is 0 Å². The van der Waals surface area contributed by atoms with Crippen LogP contribution < -0.4 is 29.0 Å². The second kappa shape index (κ2) is 41.1. The minimum Gasteiger partial charge on any atom is -0.508 e. The number of carbonyl (C=O) groups is 2. The molecule has 718 valence electrons. The topological polar surface area (TPSA) is 701 Å². The average molecular weight is 1970 g/mol. The Bertz CT molecular complexity index is 5830. The first kappa shape index (κ1) is 98.8. The summed E-state index contributed by atoms with van der Waals surface area (Å²) in [6, 6.07) is -3.99. The van der Waals surface area contributed by atoms with Crippen molar-refractivity contribution in [2.24, 2.45) is 34.9 Å². The van der Waals surface area contributed by atoms with Crippen molar-refractivity contribution in [3.8, 4) is 80.1 Å². The van der Waals surface area contributed by atoms with Crippen LogP contribution in [0.25, 0.3) is 11.1 Å². The zero-order chi connectivity index (χ0) is 96.8. The van der Waals surface area contributed by atoms with Crippen molar-refractivity contribution in [2.45, 2.75) is 198 Å². The number of nitrogens with zero attached hydrogens (tertiary/aromatic N) is 7. The van der Waals surface area contributed by atoms with Crippen molar-refractivity contribution in [3.63, 3.8) is 0 Å². The van der Waals surface area contributed by atoms with Gasteiger partial charge in [-0.05, 0) is 114 Å². The molecule has 48 heteroatoms. The maximum absolute atomic E-state index is 14.4. The molecule has 7 aromatic rings. The van der Waals surface area contributed by atoms with Gasteiger partial charge in [0.1, 0.15) is 120 Å². The molecule has 3 saturated heterocycles. The van der Waals surface area contributed by atoms with Gasteiger partial charge in [0, 0.05) is 40.8 Å². The van der Waals surface area contributed by atoms with Crippen LogP contribution in [0, 0.1) is 0 Å². The number of ether oxygens (including phenoxy) is 9. The van der Waals surface area contributed by atoms with Gasteiger partial charge in [-0.2, -0.15) is 0 Å². The molecule has 0 radical (unpaired) electrons. The molecule has 9 aliphatic heterocycles. The van der Waals surface area contributed by atoms with Gasteiger partial charge < -0.3 is 171 Å². The minimum absolute atomic E-state index is 0.0957. The van der Waals surface area contributed by atoms with Crippen molar-refractivity contribution in [2.75, 3.05) is 20.3 Å². The zero-order valence-electron chi connectivity index (χ0n) is 69.7. The van der Waals surface area contributed by atoms with Crippen molar-refractivity contribution in [3.05, 3.63) is 161 Å². The number of rotatable bonds is 19. The van der Waals surface area contributed by atoms with E-state index < -0.39 is 346 Å². The number of phenols is 4. The Balaban J connectivity index is 1.12. The first-order valence-electron chi connectivity index (χ1n) is 41.2. The van der Waals surface area contributed by atoms with Crippen LogP contribution in [0.5, 0.6) is 69.0 Å². The highest BCUT2D eigenvalue weighted by atomic mass is 35.5. The number of hydrogen-bond acceptors (Lipinski definition) is 34. The number of likely N-dealkylation sites (N-methyl/N-ethyl adjacent to an activating group) is 1. The third-order valence-electron chi connectivity index (χ3n) is 22.9. The highest BCUT2D eigenvalue weighted by Crippen LogP contribution is 2.54. The van der Waals surface area contributed by atoms with E-state index in [1.54, 1.807) is 0 Å². The maximum atomic E-state index is 14.4. The molecule has 0 aliphatic carbocycles. The summed E-state index contributed by atoms with van der Waals surface area (Å²) in [6.07, 6.45) is -32.2. The number of benzene rings is 7. The fourth-order valence-electron chi connectivity index (χ4n) is 16.0. The molecule has 3 fully saturated rings. The molecule has 0 spiro atoms. The monoisotopic (exact) mass is 1970 g/mol. The van der Waals surface area contributed by atoms with E-state index in [1.165, 1.54) is 19.2 Å². The molecule has 0 saturated carbocycles. The summed E-state index contributed by atoms with van der Waals surface area (Å²) in [7, 11) is 1.36. The number of unbranched alkanes of at least 4 members (excludes halogenated alkanes) is 5. The van der Waals surface area contributed by atoms with Gasteiger partial charge in [0.15, 0.2) is 83.3 Å². The quantitative estimate of drug-likeness (QED) is 0.0205. The van der Waals surface area contributed by atoms with Crippen molar-refractivity contribution >= 4 is 111 Å². The van der Waals surface area contributed by atoms with Gasteiger partial charge in [0.2, 0.25) is 53.7 Å². The van der Waals surface area contributed by atoms with E-state index in [0.717, 1.165) is 92.1 Å². The number of aliphatic hydroxyl groups excluding tert-OH is 18. The molecule has 7 aromatic carbocycles. The number of aliphatic imine (C=N–C) groups is 7. The normalized spacial score (nSPS) is 29.4. The number of aromatic hydroxyl groups is 4. The Morgan fingerprint density at radius 3 is 1.63 bits per heavy atom. The molecule has 9 aliphatic rings. The van der Waals surface area contributed by atoms with E-state index in [9.17, 15) is 132 Å². The zero-order valence-corrected chi connectivity index (χ0v) is 73.5. The largest absolute Gasteiger partial charge is 0.508 e. The Hall–Kier alpha value is -11.2. The molecule has 24 atom stereocenters. The number of phenolic OH excluding ortho intramolecular Hbond substituents is 4. The van der Waals surface area contributed by atoms with Gasteiger partial charge in [-0.25, -0.2) is 44.5 Å². The van der Waals surface area contributed by atoms with Gasteiger partial charge in [0.05, 0.1) is 38.3 Å². The molecule has 0 aromatic heterocycles. The first-order valence-corrected chi connectivity index (χ1v) is 43.1. The van der Waals surface area contributed by atoms with Crippen molar-refractivity contribution in [1.82, 2.24) is 5.32 Å². The van der Waals surface area contributed by atoms with Crippen LogP contribution in [-0.4, -0.2) is 300 Å². The van der Waals surface area contributed by atoms with E-state index >= 15 is 0 Å². The van der Waals surface area contributed by atoms with Crippen LogP contribution in [-0.2, 0) is 28.5 Å². The number of aliphatic carboxylic acids is 2. The Morgan fingerprint density at radius 1 is 0.455 bits per heavy atom. The van der Waals surface area contributed by atoms with Gasteiger partial charge >= 0.3 is 11.9 Å². The van der Waals surface area contributed by atoms with Gasteiger partial charge in [0.25, 0.3) is 0 Å². The summed E-state index contributed by atoms with van der Waals surface area (Å²) in [6.45, 7) is -0.160. The Labute approximate surface area is 782 Å². The highest BCUT2D eigenvalue weighted by molar-refractivity contribution is 6.37. The lowest BCUT2D eigenvalue weighted by atomic mass is 9.90. The van der Waals surface area contributed by atoms with E-state index in [4.69, 9.17) is 101 Å². The van der Waals surface area contributed by atoms with E-state index in [1.807, 2.05) is 6.92 Å². The molecule has 43 nitrogen and oxygen atoms in total. The number of nitrogens with one attached hydrogen (secondary N) is 1. The lowest BCUT2D eigenvalue weighted by Gasteiger charge is -2.41. The van der Waals surface area contributed by atoms with Crippen LogP contribution in [0.3, 0.4) is 0 Å².